The molecule has 4 nitrogen and oxygen atoms in total. The van der Waals surface area contributed by atoms with E-state index < -0.39 is 0 Å². The van der Waals surface area contributed by atoms with E-state index in [1.807, 2.05) is 16.8 Å². The van der Waals surface area contributed by atoms with Crippen LogP contribution >= 0.6 is 11.3 Å². The molecule has 0 atom stereocenters. The molecule has 2 aromatic rings. The number of hydrogen-bond donors (Lipinski definition) is 1. The number of carbonyl (C=O) groups excluding carboxylic acids is 1. The number of anilines is 1. The Morgan fingerprint density at radius 3 is 2.84 bits per heavy atom. The molecule has 0 radical (unpaired) electrons. The van der Waals surface area contributed by atoms with Gasteiger partial charge in [0, 0.05) is 19.3 Å². The Balaban J connectivity index is 2.18. The fourth-order valence-corrected chi connectivity index (χ4v) is 2.44. The van der Waals surface area contributed by atoms with Gasteiger partial charge in [-0.25, -0.2) is 0 Å². The Labute approximate surface area is 116 Å². The molecule has 1 heterocycles. The van der Waals surface area contributed by atoms with Crippen LogP contribution in [0, 0.1) is 0 Å². The minimum Gasteiger partial charge on any atom is -0.497 e. The van der Waals surface area contributed by atoms with Crippen molar-refractivity contribution >= 4 is 22.9 Å². The summed E-state index contributed by atoms with van der Waals surface area (Å²) >= 11 is 1.62. The third-order valence-corrected chi connectivity index (χ3v) is 3.57. The van der Waals surface area contributed by atoms with Crippen LogP contribution in [-0.2, 0) is 6.54 Å². The van der Waals surface area contributed by atoms with Crippen LogP contribution < -0.4 is 10.5 Å². The number of methoxy groups -OCH3 is 1. The maximum atomic E-state index is 12.4. The Morgan fingerprint density at radius 1 is 1.42 bits per heavy atom. The van der Waals surface area contributed by atoms with Gasteiger partial charge >= 0.3 is 0 Å². The van der Waals surface area contributed by atoms with Crippen molar-refractivity contribution in [2.24, 2.45) is 0 Å². The maximum absolute atomic E-state index is 12.4. The Morgan fingerprint density at radius 2 is 2.21 bits per heavy atom. The smallest absolute Gasteiger partial charge is 0.256 e. The van der Waals surface area contributed by atoms with Crippen LogP contribution in [0.25, 0.3) is 0 Å². The van der Waals surface area contributed by atoms with E-state index in [1.165, 1.54) is 0 Å². The summed E-state index contributed by atoms with van der Waals surface area (Å²) in [5, 5.41) is 4.02. The molecule has 1 aromatic carbocycles. The van der Waals surface area contributed by atoms with E-state index >= 15 is 0 Å². The normalized spacial score (nSPS) is 10.2. The average molecular weight is 276 g/mol. The summed E-state index contributed by atoms with van der Waals surface area (Å²) in [6.45, 7) is 0.568. The molecule has 2 rings (SSSR count). The third-order valence-electron chi connectivity index (χ3n) is 2.84. The molecule has 1 aromatic heterocycles. The lowest BCUT2D eigenvalue weighted by molar-refractivity contribution is 0.0786. The molecule has 0 saturated heterocycles. The van der Waals surface area contributed by atoms with Crippen molar-refractivity contribution in [3.63, 3.8) is 0 Å². The minimum absolute atomic E-state index is 0.109. The Hall–Kier alpha value is -2.01. The molecule has 0 fully saturated rings. The first-order valence-electron chi connectivity index (χ1n) is 5.82. The van der Waals surface area contributed by atoms with E-state index in [9.17, 15) is 4.79 Å². The lowest BCUT2D eigenvalue weighted by Gasteiger charge is -2.18. The summed E-state index contributed by atoms with van der Waals surface area (Å²) < 4.78 is 5.12. The molecule has 0 spiro atoms. The van der Waals surface area contributed by atoms with Gasteiger partial charge in [0.2, 0.25) is 0 Å². The largest absolute Gasteiger partial charge is 0.497 e. The molecule has 0 aliphatic carbocycles. The van der Waals surface area contributed by atoms with Crippen molar-refractivity contribution < 1.29 is 9.53 Å². The number of hydrogen-bond acceptors (Lipinski definition) is 4. The van der Waals surface area contributed by atoms with Gasteiger partial charge in [-0.2, -0.15) is 11.3 Å². The van der Waals surface area contributed by atoms with Gasteiger partial charge in [-0.15, -0.1) is 0 Å². The monoisotopic (exact) mass is 276 g/mol. The number of nitrogens with two attached hydrogens (primary N) is 1. The predicted molar refractivity (Wildman–Crippen MR) is 77.5 cm³/mol. The molecule has 100 valence electrons. The van der Waals surface area contributed by atoms with Crippen LogP contribution in [0.15, 0.2) is 35.0 Å². The molecule has 0 unspecified atom stereocenters. The van der Waals surface area contributed by atoms with Crippen LogP contribution in [0.3, 0.4) is 0 Å². The van der Waals surface area contributed by atoms with E-state index in [0.717, 1.165) is 5.56 Å². The number of carbonyl (C=O) groups is 1. The van der Waals surface area contributed by atoms with Crippen LogP contribution in [0.1, 0.15) is 15.9 Å². The lowest BCUT2D eigenvalue weighted by atomic mass is 10.1. The Kier molecular flexibility index (Phi) is 4.06. The fraction of sp³-hybridized carbons (Fsp3) is 0.214. The first kappa shape index (κ1) is 13.4. The Bertz CT molecular complexity index is 567. The van der Waals surface area contributed by atoms with Gasteiger partial charge in [0.1, 0.15) is 5.75 Å². The molecule has 1 amide bonds. The van der Waals surface area contributed by atoms with Crippen LogP contribution in [0.5, 0.6) is 5.75 Å². The van der Waals surface area contributed by atoms with E-state index in [2.05, 4.69) is 0 Å². The molecule has 0 saturated carbocycles. The van der Waals surface area contributed by atoms with Crippen molar-refractivity contribution in [2.75, 3.05) is 19.9 Å². The molecule has 19 heavy (non-hydrogen) atoms. The molecule has 2 N–H and O–H groups in total. The van der Waals surface area contributed by atoms with Crippen molar-refractivity contribution in [1.29, 1.82) is 0 Å². The van der Waals surface area contributed by atoms with Gasteiger partial charge in [-0.1, -0.05) is 0 Å². The molecule has 5 heteroatoms. The van der Waals surface area contributed by atoms with E-state index in [-0.39, 0.29) is 5.91 Å². The first-order valence-corrected chi connectivity index (χ1v) is 6.76. The second kappa shape index (κ2) is 5.75. The fourth-order valence-electron chi connectivity index (χ4n) is 1.78. The summed E-state index contributed by atoms with van der Waals surface area (Å²) in [7, 11) is 3.33. The van der Waals surface area contributed by atoms with Gasteiger partial charge in [0.05, 0.1) is 12.7 Å². The summed E-state index contributed by atoms with van der Waals surface area (Å²) in [5.41, 5.74) is 7.90. The highest BCUT2D eigenvalue weighted by atomic mass is 32.1. The molecule has 0 aliphatic rings. The van der Waals surface area contributed by atoms with Crippen LogP contribution in [0.4, 0.5) is 5.69 Å². The number of nitrogens with zero attached hydrogens (tertiary/aromatic N) is 1. The number of rotatable bonds is 4. The third kappa shape index (κ3) is 3.06. The molecule has 0 aliphatic heterocycles. The SMILES string of the molecule is COc1ccc(N)c(C(=O)N(C)Cc2ccsc2)c1. The zero-order valence-corrected chi connectivity index (χ0v) is 11.7. The van der Waals surface area contributed by atoms with Crippen LogP contribution in [-0.4, -0.2) is 25.0 Å². The molecular weight excluding hydrogens is 260 g/mol. The highest BCUT2D eigenvalue weighted by molar-refractivity contribution is 7.07. The lowest BCUT2D eigenvalue weighted by Crippen LogP contribution is -2.26. The number of nitrogen functional groups attached to an aromatic ring is 1. The molecular formula is C14H16N2O2S. The van der Waals surface area contributed by atoms with Gasteiger partial charge in [-0.3, -0.25) is 4.79 Å². The van der Waals surface area contributed by atoms with E-state index in [0.29, 0.717) is 23.5 Å². The van der Waals surface area contributed by atoms with E-state index in [4.69, 9.17) is 10.5 Å². The van der Waals surface area contributed by atoms with E-state index in [1.54, 1.807) is 48.6 Å². The standard InChI is InChI=1S/C14H16N2O2S/c1-16(8-10-5-6-19-9-10)14(17)12-7-11(18-2)3-4-13(12)15/h3-7,9H,8,15H2,1-2H3. The van der Waals surface area contributed by atoms with Crippen LogP contribution in [0.2, 0.25) is 0 Å². The minimum atomic E-state index is -0.109. The number of amides is 1. The highest BCUT2D eigenvalue weighted by Crippen LogP contribution is 2.21. The zero-order chi connectivity index (χ0) is 13.8. The number of benzene rings is 1. The summed E-state index contributed by atoms with van der Waals surface area (Å²) in [4.78, 5) is 14.0. The average Bonchev–Trinajstić information content (AvgIpc) is 2.91. The summed E-state index contributed by atoms with van der Waals surface area (Å²) in [5.74, 6) is 0.518. The topological polar surface area (TPSA) is 55.6 Å². The second-order valence-electron chi connectivity index (χ2n) is 4.25. The quantitative estimate of drug-likeness (QED) is 0.873. The summed E-state index contributed by atoms with van der Waals surface area (Å²) in [6.07, 6.45) is 0. The van der Waals surface area contributed by atoms with Crippen molar-refractivity contribution in [3.05, 3.63) is 46.2 Å². The predicted octanol–water partition coefficient (Wildman–Crippen LogP) is 2.61. The van der Waals surface area contributed by atoms with Gasteiger partial charge < -0.3 is 15.4 Å². The van der Waals surface area contributed by atoms with Crippen molar-refractivity contribution in [3.8, 4) is 5.75 Å². The highest BCUT2D eigenvalue weighted by Gasteiger charge is 2.16. The second-order valence-corrected chi connectivity index (χ2v) is 5.03. The van der Waals surface area contributed by atoms with Crippen molar-refractivity contribution in [2.45, 2.75) is 6.54 Å². The number of ether oxygens (including phenoxy) is 1. The first-order chi connectivity index (χ1) is 9.11. The van der Waals surface area contributed by atoms with Gasteiger partial charge in [-0.05, 0) is 40.6 Å². The maximum Gasteiger partial charge on any atom is 0.256 e. The van der Waals surface area contributed by atoms with Crippen molar-refractivity contribution in [1.82, 2.24) is 4.90 Å². The summed E-state index contributed by atoms with van der Waals surface area (Å²) in [6, 6.07) is 7.10. The van der Waals surface area contributed by atoms with Gasteiger partial charge in [0.15, 0.2) is 0 Å². The van der Waals surface area contributed by atoms with Gasteiger partial charge in [0.25, 0.3) is 5.91 Å². The zero-order valence-electron chi connectivity index (χ0n) is 10.9. The number of thiophene rings is 1. The molecule has 0 bridgehead atoms.